The normalized spacial score (nSPS) is 10.4. The third kappa shape index (κ3) is 3.86. The lowest BCUT2D eigenvalue weighted by Gasteiger charge is -2.02. The number of hydrogen-bond donors (Lipinski definition) is 1. The van der Waals surface area contributed by atoms with E-state index in [4.69, 9.17) is 0 Å². The van der Waals surface area contributed by atoms with E-state index >= 15 is 0 Å². The van der Waals surface area contributed by atoms with Crippen LogP contribution < -0.4 is 0 Å². The van der Waals surface area contributed by atoms with Gasteiger partial charge in [-0.25, -0.2) is 4.98 Å². The molecule has 0 amide bonds. The number of benzene rings is 1. The van der Waals surface area contributed by atoms with Gasteiger partial charge in [-0.3, -0.25) is 0 Å². The largest absolute Gasteiger partial charge is 0.508 e. The van der Waals surface area contributed by atoms with Crippen LogP contribution in [0.1, 0.15) is 17.7 Å². The van der Waals surface area contributed by atoms with Crippen molar-refractivity contribution in [1.29, 1.82) is 0 Å². The van der Waals surface area contributed by atoms with Crippen LogP contribution in [0.3, 0.4) is 0 Å². The van der Waals surface area contributed by atoms with Crippen LogP contribution in [0.15, 0.2) is 47.1 Å². The molecule has 0 aliphatic carbocycles. The molecule has 3 heteroatoms. The fraction of sp³-hybridized carbons (Fsp3) is 0.214. The van der Waals surface area contributed by atoms with Crippen molar-refractivity contribution in [2.24, 2.45) is 0 Å². The zero-order valence-electron chi connectivity index (χ0n) is 9.44. The van der Waals surface area contributed by atoms with E-state index in [1.807, 2.05) is 30.3 Å². The second-order valence-corrected chi connectivity index (χ2v) is 4.78. The molecule has 0 saturated heterocycles. The molecule has 0 aliphatic heterocycles. The molecule has 1 aromatic heterocycles. The molecule has 0 radical (unpaired) electrons. The summed E-state index contributed by atoms with van der Waals surface area (Å²) in [6.07, 6.45) is 3.04. The van der Waals surface area contributed by atoms with E-state index in [1.54, 1.807) is 12.1 Å². The van der Waals surface area contributed by atoms with Crippen LogP contribution in [0.2, 0.25) is 0 Å². The van der Waals surface area contributed by atoms with Crippen LogP contribution in [0.4, 0.5) is 0 Å². The molecule has 0 saturated carbocycles. The van der Waals surface area contributed by atoms with E-state index in [-0.39, 0.29) is 0 Å². The van der Waals surface area contributed by atoms with Gasteiger partial charge >= 0.3 is 0 Å². The number of halogens is 1. The van der Waals surface area contributed by atoms with Crippen LogP contribution in [-0.4, -0.2) is 10.1 Å². The smallest absolute Gasteiger partial charge is 0.115 e. The van der Waals surface area contributed by atoms with Gasteiger partial charge in [0.2, 0.25) is 0 Å². The minimum atomic E-state index is 0.322. The second kappa shape index (κ2) is 5.82. The number of rotatable bonds is 4. The van der Waals surface area contributed by atoms with Gasteiger partial charge in [0.05, 0.1) is 0 Å². The first-order valence-corrected chi connectivity index (χ1v) is 6.43. The summed E-state index contributed by atoms with van der Waals surface area (Å²) < 4.78 is 0.889. The van der Waals surface area contributed by atoms with Crippen molar-refractivity contribution in [3.63, 3.8) is 0 Å². The zero-order chi connectivity index (χ0) is 12.1. The van der Waals surface area contributed by atoms with Gasteiger partial charge in [0.25, 0.3) is 0 Å². The molecule has 0 aliphatic rings. The molecular formula is C14H14BrNO. The number of aromatic hydroxyl groups is 1. The quantitative estimate of drug-likeness (QED) is 0.871. The molecule has 2 aromatic rings. The van der Waals surface area contributed by atoms with Crippen LogP contribution in [0, 0.1) is 0 Å². The number of nitrogens with zero attached hydrogens (tertiary/aromatic N) is 1. The Labute approximate surface area is 109 Å². The van der Waals surface area contributed by atoms with E-state index in [1.165, 1.54) is 5.56 Å². The molecule has 0 spiro atoms. The summed E-state index contributed by atoms with van der Waals surface area (Å²) in [6.45, 7) is 0. The first-order chi connectivity index (χ1) is 8.24. The van der Waals surface area contributed by atoms with Gasteiger partial charge in [0.15, 0.2) is 0 Å². The molecule has 17 heavy (non-hydrogen) atoms. The fourth-order valence-corrected chi connectivity index (χ4v) is 2.11. The maximum atomic E-state index is 9.18. The molecule has 0 fully saturated rings. The molecule has 0 unspecified atom stereocenters. The Bertz CT molecular complexity index is 482. The molecule has 0 atom stereocenters. The Hall–Kier alpha value is -1.35. The summed E-state index contributed by atoms with van der Waals surface area (Å²) in [4.78, 5) is 4.40. The molecule has 1 heterocycles. The zero-order valence-corrected chi connectivity index (χ0v) is 11.0. The molecule has 2 nitrogen and oxygen atoms in total. The summed E-state index contributed by atoms with van der Waals surface area (Å²) in [6, 6.07) is 13.4. The molecule has 88 valence electrons. The summed E-state index contributed by atoms with van der Waals surface area (Å²) in [5, 5.41) is 9.18. The predicted molar refractivity (Wildman–Crippen MR) is 72.1 cm³/mol. The van der Waals surface area contributed by atoms with Crippen molar-refractivity contribution in [3.05, 3.63) is 58.3 Å². The lowest BCUT2D eigenvalue weighted by atomic mass is 10.1. The Balaban J connectivity index is 1.85. The highest BCUT2D eigenvalue weighted by atomic mass is 79.9. The third-order valence-corrected chi connectivity index (χ3v) is 3.05. The SMILES string of the molecule is Oc1ccc(CCCc2cccc(Br)n2)cc1. The van der Waals surface area contributed by atoms with Crippen LogP contribution >= 0.6 is 15.9 Å². The van der Waals surface area contributed by atoms with E-state index in [2.05, 4.69) is 20.9 Å². The van der Waals surface area contributed by atoms with Crippen molar-refractivity contribution in [2.75, 3.05) is 0 Å². The first-order valence-electron chi connectivity index (χ1n) is 5.63. The van der Waals surface area contributed by atoms with Crippen LogP contribution in [0.5, 0.6) is 5.75 Å². The number of hydrogen-bond acceptors (Lipinski definition) is 2. The summed E-state index contributed by atoms with van der Waals surface area (Å²) in [7, 11) is 0. The van der Waals surface area contributed by atoms with Gasteiger partial charge in [0.1, 0.15) is 10.4 Å². The molecular weight excluding hydrogens is 278 g/mol. The Morgan fingerprint density at radius 3 is 2.47 bits per heavy atom. The van der Waals surface area contributed by atoms with E-state index in [0.717, 1.165) is 29.6 Å². The van der Waals surface area contributed by atoms with Crippen molar-refractivity contribution < 1.29 is 5.11 Å². The van der Waals surface area contributed by atoms with Gasteiger partial charge in [-0.05, 0) is 65.0 Å². The number of aromatic nitrogens is 1. The number of phenolic OH excluding ortho intramolecular Hbond substituents is 1. The van der Waals surface area contributed by atoms with Crippen molar-refractivity contribution >= 4 is 15.9 Å². The van der Waals surface area contributed by atoms with Gasteiger partial charge in [-0.1, -0.05) is 18.2 Å². The van der Waals surface area contributed by atoms with Gasteiger partial charge < -0.3 is 5.11 Å². The highest BCUT2D eigenvalue weighted by Gasteiger charge is 1.98. The van der Waals surface area contributed by atoms with Crippen molar-refractivity contribution in [1.82, 2.24) is 4.98 Å². The van der Waals surface area contributed by atoms with Gasteiger partial charge in [-0.2, -0.15) is 0 Å². The maximum Gasteiger partial charge on any atom is 0.115 e. The highest BCUT2D eigenvalue weighted by molar-refractivity contribution is 9.10. The monoisotopic (exact) mass is 291 g/mol. The van der Waals surface area contributed by atoms with Crippen LogP contribution in [0.25, 0.3) is 0 Å². The number of pyridine rings is 1. The fourth-order valence-electron chi connectivity index (χ4n) is 1.73. The van der Waals surface area contributed by atoms with E-state index < -0.39 is 0 Å². The Morgan fingerprint density at radius 2 is 1.76 bits per heavy atom. The summed E-state index contributed by atoms with van der Waals surface area (Å²) >= 11 is 3.37. The average Bonchev–Trinajstić information content (AvgIpc) is 2.32. The van der Waals surface area contributed by atoms with E-state index in [9.17, 15) is 5.11 Å². The second-order valence-electron chi connectivity index (χ2n) is 3.97. The van der Waals surface area contributed by atoms with Crippen molar-refractivity contribution in [2.45, 2.75) is 19.3 Å². The highest BCUT2D eigenvalue weighted by Crippen LogP contribution is 2.13. The average molecular weight is 292 g/mol. The van der Waals surface area contributed by atoms with Gasteiger partial charge in [0, 0.05) is 5.69 Å². The predicted octanol–water partition coefficient (Wildman–Crippen LogP) is 3.73. The van der Waals surface area contributed by atoms with Crippen molar-refractivity contribution in [3.8, 4) is 5.75 Å². The molecule has 1 N–H and O–H groups in total. The standard InChI is InChI=1S/C14H14BrNO/c15-14-6-2-5-12(16-14)4-1-3-11-7-9-13(17)10-8-11/h2,5-10,17H,1,3-4H2. The summed E-state index contributed by atoms with van der Waals surface area (Å²) in [5.41, 5.74) is 2.36. The van der Waals surface area contributed by atoms with Gasteiger partial charge in [-0.15, -0.1) is 0 Å². The number of phenols is 1. The minimum absolute atomic E-state index is 0.322. The third-order valence-electron chi connectivity index (χ3n) is 2.61. The lowest BCUT2D eigenvalue weighted by Crippen LogP contribution is -1.93. The molecule has 2 rings (SSSR count). The maximum absolute atomic E-state index is 9.18. The lowest BCUT2D eigenvalue weighted by molar-refractivity contribution is 0.475. The topological polar surface area (TPSA) is 33.1 Å². The minimum Gasteiger partial charge on any atom is -0.508 e. The molecule has 0 bridgehead atoms. The van der Waals surface area contributed by atoms with Crippen LogP contribution in [-0.2, 0) is 12.8 Å². The Morgan fingerprint density at radius 1 is 1.00 bits per heavy atom. The molecule has 1 aromatic carbocycles. The summed E-state index contributed by atoms with van der Waals surface area (Å²) in [5.74, 6) is 0.322. The number of aryl methyl sites for hydroxylation is 2. The van der Waals surface area contributed by atoms with E-state index in [0.29, 0.717) is 5.75 Å². The Kier molecular flexibility index (Phi) is 4.15. The first kappa shape index (κ1) is 12.1.